The molecule has 3 nitrogen and oxygen atoms in total. The zero-order valence-corrected chi connectivity index (χ0v) is 15.8. The van der Waals surface area contributed by atoms with Crippen LogP contribution < -0.4 is 4.18 Å². The van der Waals surface area contributed by atoms with Crippen molar-refractivity contribution in [2.45, 2.75) is 18.9 Å². The number of hydrogen-bond donors (Lipinski definition) is 0. The minimum absolute atomic E-state index is 0.280. The third kappa shape index (κ3) is 3.81. The molecule has 30 heavy (non-hydrogen) atoms. The van der Waals surface area contributed by atoms with Gasteiger partial charge in [0.2, 0.25) is 0 Å². The number of halogens is 7. The molecule has 0 unspecified atom stereocenters. The van der Waals surface area contributed by atoms with Crippen LogP contribution in [0.2, 0.25) is 0 Å². The number of hydrogen-bond acceptors (Lipinski definition) is 3. The van der Waals surface area contributed by atoms with Gasteiger partial charge in [-0.2, -0.15) is 21.6 Å². The number of fused-ring (bicyclic) bond motifs is 1. The molecule has 0 heterocycles. The molecule has 0 radical (unpaired) electrons. The molecule has 0 amide bonds. The molecular formula is C19H11F7O3S. The van der Waals surface area contributed by atoms with E-state index in [2.05, 4.69) is 4.18 Å². The summed E-state index contributed by atoms with van der Waals surface area (Å²) in [5.74, 6) is -6.44. The van der Waals surface area contributed by atoms with Crippen molar-refractivity contribution in [2.75, 3.05) is 0 Å². The van der Waals surface area contributed by atoms with Crippen LogP contribution in [-0.2, 0) is 16.5 Å². The van der Waals surface area contributed by atoms with E-state index in [4.69, 9.17) is 0 Å². The Kier molecular flexibility index (Phi) is 5.44. The van der Waals surface area contributed by atoms with Crippen molar-refractivity contribution in [1.29, 1.82) is 0 Å². The van der Waals surface area contributed by atoms with Crippen molar-refractivity contribution >= 4 is 20.9 Å². The van der Waals surface area contributed by atoms with Gasteiger partial charge in [0, 0.05) is 0 Å². The summed E-state index contributed by atoms with van der Waals surface area (Å²) >= 11 is 0. The van der Waals surface area contributed by atoms with E-state index in [0.29, 0.717) is 24.1 Å². The number of benzene rings is 3. The van der Waals surface area contributed by atoms with E-state index in [0.717, 1.165) is 24.3 Å². The van der Waals surface area contributed by atoms with Crippen molar-refractivity contribution in [2.24, 2.45) is 0 Å². The minimum atomic E-state index is -6.19. The van der Waals surface area contributed by atoms with Gasteiger partial charge in [-0.3, -0.25) is 0 Å². The molecule has 3 aromatic rings. The van der Waals surface area contributed by atoms with Gasteiger partial charge in [0.1, 0.15) is 17.5 Å². The van der Waals surface area contributed by atoms with Crippen LogP contribution in [0.4, 0.5) is 30.7 Å². The number of alkyl halides is 3. The monoisotopic (exact) mass is 452 g/mol. The molecule has 3 rings (SSSR count). The van der Waals surface area contributed by atoms with Crippen LogP contribution in [-0.4, -0.2) is 13.9 Å². The number of rotatable bonds is 4. The maximum absolute atomic E-state index is 14.5. The molecule has 0 aliphatic rings. The second-order valence-corrected chi connectivity index (χ2v) is 7.74. The molecule has 3 aromatic carbocycles. The van der Waals surface area contributed by atoms with E-state index in [-0.39, 0.29) is 10.9 Å². The topological polar surface area (TPSA) is 43.4 Å². The van der Waals surface area contributed by atoms with Crippen LogP contribution in [0.1, 0.15) is 12.5 Å². The lowest BCUT2D eigenvalue weighted by Gasteiger charge is -2.13. The molecular weight excluding hydrogens is 441 g/mol. The first-order valence-corrected chi connectivity index (χ1v) is 9.67. The molecule has 0 saturated carbocycles. The highest BCUT2D eigenvalue weighted by Crippen LogP contribution is 2.36. The minimum Gasteiger partial charge on any atom is -0.373 e. The lowest BCUT2D eigenvalue weighted by atomic mass is 9.98. The smallest absolute Gasteiger partial charge is 0.373 e. The summed E-state index contributed by atoms with van der Waals surface area (Å²) in [5, 5.41) is -1.18. The summed E-state index contributed by atoms with van der Waals surface area (Å²) in [5.41, 5.74) is -6.33. The average Bonchev–Trinajstić information content (AvgIpc) is 2.62. The zero-order valence-electron chi connectivity index (χ0n) is 14.9. The van der Waals surface area contributed by atoms with Crippen LogP contribution in [0.15, 0.2) is 36.4 Å². The van der Waals surface area contributed by atoms with E-state index in [1.165, 1.54) is 0 Å². The summed E-state index contributed by atoms with van der Waals surface area (Å²) in [6.45, 7) is 1.67. The number of aryl methyl sites for hydroxylation is 1. The maximum Gasteiger partial charge on any atom is 0.534 e. The standard InChI is InChI=1S/C19H11F7O3S/c1-2-9-5-12(20)16(13(21)6-9)11-7-10-3-4-15(18(23)17(10)14(22)8-11)29-30(27,28)19(24,25)26/h3-8H,2H2,1H3. The van der Waals surface area contributed by atoms with Crippen molar-refractivity contribution in [3.63, 3.8) is 0 Å². The second-order valence-electron chi connectivity index (χ2n) is 6.21. The molecule has 0 bridgehead atoms. The largest absolute Gasteiger partial charge is 0.534 e. The predicted molar refractivity (Wildman–Crippen MR) is 94.2 cm³/mol. The molecule has 160 valence electrons. The van der Waals surface area contributed by atoms with Gasteiger partial charge in [0.25, 0.3) is 0 Å². The molecule has 0 saturated heterocycles. The molecule has 0 spiro atoms. The normalized spacial score (nSPS) is 12.4. The SMILES string of the molecule is CCc1cc(F)c(-c2cc(F)c3c(F)c(OS(=O)(=O)C(F)(F)F)ccc3c2)c(F)c1. The highest BCUT2D eigenvalue weighted by molar-refractivity contribution is 7.88. The Hall–Kier alpha value is -2.82. The summed E-state index contributed by atoms with van der Waals surface area (Å²) in [4.78, 5) is 0. The highest BCUT2D eigenvalue weighted by Gasteiger charge is 2.49. The lowest BCUT2D eigenvalue weighted by Crippen LogP contribution is -2.28. The Morgan fingerprint density at radius 3 is 2.03 bits per heavy atom. The van der Waals surface area contributed by atoms with Crippen LogP contribution in [0.3, 0.4) is 0 Å². The molecule has 0 aliphatic heterocycles. The fourth-order valence-corrected chi connectivity index (χ4v) is 3.29. The summed E-state index contributed by atoms with van der Waals surface area (Å²) in [6, 6.07) is 5.11. The van der Waals surface area contributed by atoms with E-state index >= 15 is 0 Å². The third-order valence-corrected chi connectivity index (χ3v) is 5.22. The highest BCUT2D eigenvalue weighted by atomic mass is 32.2. The quantitative estimate of drug-likeness (QED) is 0.283. The van der Waals surface area contributed by atoms with E-state index in [1.54, 1.807) is 6.92 Å². The Bertz CT molecular complexity index is 1230. The third-order valence-electron chi connectivity index (χ3n) is 4.25. The fraction of sp³-hybridized carbons (Fsp3) is 0.158. The fourth-order valence-electron chi connectivity index (χ4n) is 2.83. The Morgan fingerprint density at radius 1 is 0.900 bits per heavy atom. The van der Waals surface area contributed by atoms with Gasteiger partial charge in [-0.15, -0.1) is 0 Å². The predicted octanol–water partition coefficient (Wildman–Crippen LogP) is 5.85. The molecule has 0 aliphatic carbocycles. The molecule has 0 atom stereocenters. The van der Waals surface area contributed by atoms with Gasteiger partial charge >= 0.3 is 15.6 Å². The zero-order chi connectivity index (χ0) is 22.4. The first-order valence-electron chi connectivity index (χ1n) is 8.26. The molecule has 0 aromatic heterocycles. The summed E-state index contributed by atoms with van der Waals surface area (Å²) in [7, 11) is -6.19. The van der Waals surface area contributed by atoms with Gasteiger partial charge in [0.15, 0.2) is 11.6 Å². The van der Waals surface area contributed by atoms with Crippen LogP contribution in [0.25, 0.3) is 21.9 Å². The van der Waals surface area contributed by atoms with Crippen molar-refractivity contribution in [3.8, 4) is 16.9 Å². The van der Waals surface area contributed by atoms with Gasteiger partial charge < -0.3 is 4.18 Å². The second kappa shape index (κ2) is 7.46. The maximum atomic E-state index is 14.5. The molecule has 11 heteroatoms. The van der Waals surface area contributed by atoms with Crippen molar-refractivity contribution < 1.29 is 43.3 Å². The summed E-state index contributed by atoms with van der Waals surface area (Å²) in [6.07, 6.45) is 0.342. The van der Waals surface area contributed by atoms with Gasteiger partial charge in [-0.1, -0.05) is 13.0 Å². The lowest BCUT2D eigenvalue weighted by molar-refractivity contribution is -0.0500. The summed E-state index contributed by atoms with van der Waals surface area (Å²) < 4.78 is 121. The van der Waals surface area contributed by atoms with Crippen LogP contribution >= 0.6 is 0 Å². The molecule has 0 N–H and O–H groups in total. The van der Waals surface area contributed by atoms with E-state index in [1.807, 2.05) is 0 Å². The van der Waals surface area contributed by atoms with Crippen LogP contribution in [0.5, 0.6) is 5.75 Å². The Labute approximate surface area is 165 Å². The van der Waals surface area contributed by atoms with Gasteiger partial charge in [-0.05, 0) is 53.3 Å². The average molecular weight is 452 g/mol. The Morgan fingerprint density at radius 2 is 1.50 bits per heavy atom. The Balaban J connectivity index is 2.16. The van der Waals surface area contributed by atoms with Crippen LogP contribution in [0, 0.1) is 23.3 Å². The molecule has 0 fully saturated rings. The van der Waals surface area contributed by atoms with E-state index < -0.39 is 55.6 Å². The van der Waals surface area contributed by atoms with Gasteiger partial charge in [0.05, 0.1) is 10.9 Å². The van der Waals surface area contributed by atoms with Crippen molar-refractivity contribution in [3.05, 3.63) is 65.2 Å². The van der Waals surface area contributed by atoms with Gasteiger partial charge in [-0.25, -0.2) is 17.6 Å². The van der Waals surface area contributed by atoms with Crippen molar-refractivity contribution in [1.82, 2.24) is 0 Å². The first kappa shape index (κ1) is 21.9. The van der Waals surface area contributed by atoms with E-state index in [9.17, 15) is 39.2 Å². The first-order chi connectivity index (χ1) is 13.9.